The maximum Gasteiger partial charge on any atom is 0.338 e. The minimum atomic E-state index is -0.318. The van der Waals surface area contributed by atoms with Gasteiger partial charge >= 0.3 is 5.97 Å². The first-order valence-corrected chi connectivity index (χ1v) is 8.71. The van der Waals surface area contributed by atoms with Gasteiger partial charge in [-0.15, -0.1) is 0 Å². The first kappa shape index (κ1) is 17.2. The Balaban J connectivity index is 1.79. The lowest BCUT2D eigenvalue weighted by Gasteiger charge is -2.06. The Hall–Kier alpha value is -2.66. The van der Waals surface area contributed by atoms with Gasteiger partial charge in [0.1, 0.15) is 0 Å². The minimum absolute atomic E-state index is 0.318. The lowest BCUT2D eigenvalue weighted by Crippen LogP contribution is -2.03. The number of rotatable bonds is 5. The number of hydrogen-bond donors (Lipinski definition) is 0. The molecule has 0 amide bonds. The van der Waals surface area contributed by atoms with Crippen molar-refractivity contribution in [3.8, 4) is 5.69 Å². The summed E-state index contributed by atoms with van der Waals surface area (Å²) in [6, 6.07) is 19.1. The van der Waals surface area contributed by atoms with Crippen molar-refractivity contribution in [1.29, 1.82) is 0 Å². The molecule has 0 saturated heterocycles. The Labute approximate surface area is 154 Å². The van der Waals surface area contributed by atoms with E-state index in [0.29, 0.717) is 12.2 Å². The summed E-state index contributed by atoms with van der Waals surface area (Å²) >= 11 is 3.49. The monoisotopic (exact) mass is 396 g/mol. The molecule has 0 saturated carbocycles. The van der Waals surface area contributed by atoms with Gasteiger partial charge in [0.15, 0.2) is 0 Å². The molecule has 3 rings (SSSR count). The van der Waals surface area contributed by atoms with E-state index in [1.807, 2.05) is 42.6 Å². The predicted molar refractivity (Wildman–Crippen MR) is 103 cm³/mol. The van der Waals surface area contributed by atoms with Crippen LogP contribution in [0.1, 0.15) is 23.0 Å². The highest BCUT2D eigenvalue weighted by Gasteiger charge is 2.05. The van der Waals surface area contributed by atoms with Crippen LogP contribution in [0.3, 0.4) is 0 Å². The average Bonchev–Trinajstić information content (AvgIpc) is 3.09. The van der Waals surface area contributed by atoms with E-state index in [1.54, 1.807) is 37.4 Å². The molecule has 126 valence electrons. The van der Waals surface area contributed by atoms with E-state index in [4.69, 9.17) is 4.74 Å². The molecule has 5 heteroatoms. The minimum Gasteiger partial charge on any atom is -0.462 e. The summed E-state index contributed by atoms with van der Waals surface area (Å²) in [5, 5.41) is 0. The number of benzene rings is 2. The van der Waals surface area contributed by atoms with E-state index < -0.39 is 0 Å². The van der Waals surface area contributed by atoms with Gasteiger partial charge in [-0.25, -0.2) is 4.79 Å². The number of nitrogens with zero attached hydrogens (tertiary/aromatic N) is 2. The van der Waals surface area contributed by atoms with E-state index in [9.17, 15) is 4.79 Å². The van der Waals surface area contributed by atoms with Crippen molar-refractivity contribution in [2.75, 3.05) is 6.61 Å². The van der Waals surface area contributed by atoms with Gasteiger partial charge in [0.2, 0.25) is 0 Å². The van der Waals surface area contributed by atoms with Crippen molar-refractivity contribution in [1.82, 2.24) is 4.57 Å². The largest absolute Gasteiger partial charge is 0.462 e. The van der Waals surface area contributed by atoms with Crippen LogP contribution in [0.5, 0.6) is 0 Å². The van der Waals surface area contributed by atoms with Crippen LogP contribution in [-0.4, -0.2) is 23.4 Å². The highest BCUT2D eigenvalue weighted by atomic mass is 79.9. The number of esters is 1. The van der Waals surface area contributed by atoms with Gasteiger partial charge < -0.3 is 9.30 Å². The molecule has 0 N–H and O–H groups in total. The topological polar surface area (TPSA) is 43.6 Å². The molecule has 0 aliphatic rings. The van der Waals surface area contributed by atoms with Crippen molar-refractivity contribution in [3.63, 3.8) is 0 Å². The van der Waals surface area contributed by atoms with Crippen LogP contribution < -0.4 is 0 Å². The summed E-state index contributed by atoms with van der Waals surface area (Å²) in [6.45, 7) is 2.16. The van der Waals surface area contributed by atoms with Gasteiger partial charge in [0, 0.05) is 16.4 Å². The van der Waals surface area contributed by atoms with Crippen molar-refractivity contribution in [3.05, 3.63) is 82.6 Å². The molecular formula is C20H17BrN2O2. The summed E-state index contributed by atoms with van der Waals surface area (Å²) in [4.78, 5) is 16.2. The second-order valence-corrected chi connectivity index (χ2v) is 6.22. The zero-order chi connectivity index (χ0) is 17.6. The lowest BCUT2D eigenvalue weighted by atomic mass is 10.2. The molecule has 0 fully saturated rings. The molecule has 2 aromatic carbocycles. The Bertz CT molecular complexity index is 898. The maximum absolute atomic E-state index is 11.7. The Morgan fingerprint density at radius 2 is 1.96 bits per heavy atom. The summed E-state index contributed by atoms with van der Waals surface area (Å²) < 4.78 is 8.06. The van der Waals surface area contributed by atoms with Gasteiger partial charge in [-0.2, -0.15) is 0 Å². The molecule has 25 heavy (non-hydrogen) atoms. The highest BCUT2D eigenvalue weighted by Crippen LogP contribution is 2.18. The number of carbonyl (C=O) groups is 1. The fraction of sp³-hybridized carbons (Fsp3) is 0.100. The number of aliphatic imine (C=N–C) groups is 1. The molecule has 0 aliphatic carbocycles. The zero-order valence-corrected chi connectivity index (χ0v) is 15.3. The van der Waals surface area contributed by atoms with E-state index in [1.165, 1.54) is 0 Å². The normalized spacial score (nSPS) is 11.0. The Morgan fingerprint density at radius 1 is 1.16 bits per heavy atom. The van der Waals surface area contributed by atoms with Crippen molar-refractivity contribution >= 4 is 33.8 Å². The van der Waals surface area contributed by atoms with E-state index >= 15 is 0 Å². The molecule has 1 aromatic heterocycles. The third-order valence-corrected chi connectivity index (χ3v) is 4.08. The smallest absolute Gasteiger partial charge is 0.338 e. The second-order valence-electron chi connectivity index (χ2n) is 5.31. The SMILES string of the molecule is CCOC(=O)c1ccc(N=Cc2cccn2-c2cccc(Br)c2)cc1. The third kappa shape index (κ3) is 4.25. The number of hydrogen-bond acceptors (Lipinski definition) is 3. The van der Waals surface area contributed by atoms with Crippen LogP contribution >= 0.6 is 15.9 Å². The van der Waals surface area contributed by atoms with Crippen LogP contribution in [0.2, 0.25) is 0 Å². The average molecular weight is 397 g/mol. The lowest BCUT2D eigenvalue weighted by molar-refractivity contribution is 0.0526. The van der Waals surface area contributed by atoms with Crippen LogP contribution in [-0.2, 0) is 4.74 Å². The standard InChI is InChI=1S/C20H17BrN2O2/c1-2-25-20(24)15-8-10-17(11-9-15)22-14-19-7-4-12-23(19)18-6-3-5-16(21)13-18/h3-14H,2H2,1H3. The van der Waals surface area contributed by atoms with Crippen LogP contribution in [0.25, 0.3) is 5.69 Å². The fourth-order valence-corrected chi connectivity index (χ4v) is 2.79. The van der Waals surface area contributed by atoms with Crippen LogP contribution in [0, 0.1) is 0 Å². The van der Waals surface area contributed by atoms with Crippen molar-refractivity contribution in [2.45, 2.75) is 6.92 Å². The summed E-state index contributed by atoms with van der Waals surface area (Å²) in [5.41, 5.74) is 3.32. The van der Waals surface area contributed by atoms with Crippen molar-refractivity contribution < 1.29 is 9.53 Å². The molecule has 0 atom stereocenters. The summed E-state index contributed by atoms with van der Waals surface area (Å²) in [5.74, 6) is -0.318. The molecule has 0 bridgehead atoms. The quantitative estimate of drug-likeness (QED) is 0.441. The third-order valence-electron chi connectivity index (χ3n) is 3.59. The van der Waals surface area contributed by atoms with E-state index in [2.05, 4.69) is 25.5 Å². The molecule has 0 unspecified atom stereocenters. The van der Waals surface area contributed by atoms with Gasteiger partial charge in [-0.1, -0.05) is 22.0 Å². The second kappa shape index (κ2) is 7.94. The van der Waals surface area contributed by atoms with Gasteiger partial charge in [-0.3, -0.25) is 4.99 Å². The highest BCUT2D eigenvalue weighted by molar-refractivity contribution is 9.10. The van der Waals surface area contributed by atoms with Gasteiger partial charge in [0.25, 0.3) is 0 Å². The predicted octanol–water partition coefficient (Wildman–Crippen LogP) is 5.17. The fourth-order valence-electron chi connectivity index (χ4n) is 2.40. The first-order chi connectivity index (χ1) is 12.2. The van der Waals surface area contributed by atoms with Crippen LogP contribution in [0.15, 0.2) is 76.3 Å². The Morgan fingerprint density at radius 3 is 2.68 bits per heavy atom. The molecular weight excluding hydrogens is 380 g/mol. The summed E-state index contributed by atoms with van der Waals surface area (Å²) in [6.07, 6.45) is 3.80. The van der Waals surface area contributed by atoms with E-state index in [-0.39, 0.29) is 5.97 Å². The first-order valence-electron chi connectivity index (χ1n) is 7.92. The molecule has 4 nitrogen and oxygen atoms in total. The van der Waals surface area contributed by atoms with Gasteiger partial charge in [-0.05, 0) is 61.5 Å². The number of ether oxygens (including phenoxy) is 1. The zero-order valence-electron chi connectivity index (χ0n) is 13.7. The van der Waals surface area contributed by atoms with Crippen molar-refractivity contribution in [2.24, 2.45) is 4.99 Å². The number of aromatic nitrogens is 1. The molecule has 3 aromatic rings. The van der Waals surface area contributed by atoms with Gasteiger partial charge in [0.05, 0.1) is 29.8 Å². The molecule has 1 heterocycles. The molecule has 0 spiro atoms. The molecule has 0 radical (unpaired) electrons. The summed E-state index contributed by atoms with van der Waals surface area (Å²) in [7, 11) is 0. The number of carbonyl (C=O) groups excluding carboxylic acids is 1. The molecule has 0 aliphatic heterocycles. The maximum atomic E-state index is 11.7. The van der Waals surface area contributed by atoms with Crippen LogP contribution in [0.4, 0.5) is 5.69 Å². The van der Waals surface area contributed by atoms with E-state index in [0.717, 1.165) is 21.5 Å². The number of halogens is 1. The Kier molecular flexibility index (Phi) is 5.46.